The number of benzene rings is 2. The fourth-order valence-corrected chi connectivity index (χ4v) is 3.07. The first-order chi connectivity index (χ1) is 12.3. The summed E-state index contributed by atoms with van der Waals surface area (Å²) in [5.41, 5.74) is 5.81. The first-order valence-electron chi connectivity index (χ1n) is 8.75. The summed E-state index contributed by atoms with van der Waals surface area (Å²) in [5, 5.41) is 3.81. The standard InChI is InChI=1S/C22H23NO3/c1-13-5-8-18-16(4)19(22(25)26-20(18)11-13)9-10-21(24)23-17-7-6-14(2)15(3)12-17/h5-8,11-12H,9-10H2,1-4H3,(H,23,24). The maximum Gasteiger partial charge on any atom is 0.339 e. The number of fused-ring (bicyclic) bond motifs is 1. The molecule has 0 saturated carbocycles. The molecule has 3 rings (SSSR count). The third-order valence-electron chi connectivity index (χ3n) is 4.84. The van der Waals surface area contributed by atoms with Gasteiger partial charge in [0.2, 0.25) is 5.91 Å². The summed E-state index contributed by atoms with van der Waals surface area (Å²) in [7, 11) is 0. The van der Waals surface area contributed by atoms with Crippen molar-refractivity contribution in [2.45, 2.75) is 40.5 Å². The number of carbonyl (C=O) groups is 1. The van der Waals surface area contributed by atoms with E-state index in [1.807, 2.05) is 64.1 Å². The van der Waals surface area contributed by atoms with Gasteiger partial charge in [-0.3, -0.25) is 4.79 Å². The zero-order chi connectivity index (χ0) is 18.8. The van der Waals surface area contributed by atoms with Gasteiger partial charge in [-0.1, -0.05) is 18.2 Å². The molecule has 4 nitrogen and oxygen atoms in total. The number of rotatable bonds is 4. The molecule has 0 radical (unpaired) electrons. The third kappa shape index (κ3) is 3.69. The fraction of sp³-hybridized carbons (Fsp3) is 0.273. The molecule has 3 aromatic rings. The minimum absolute atomic E-state index is 0.115. The molecule has 134 valence electrons. The Morgan fingerprint density at radius 3 is 2.50 bits per heavy atom. The lowest BCUT2D eigenvalue weighted by atomic mass is 10.0. The Bertz CT molecular complexity index is 1050. The molecule has 1 amide bonds. The first kappa shape index (κ1) is 17.9. The number of carbonyl (C=O) groups excluding carboxylic acids is 1. The summed E-state index contributed by atoms with van der Waals surface area (Å²) >= 11 is 0. The molecule has 0 saturated heterocycles. The zero-order valence-corrected chi connectivity index (χ0v) is 15.6. The highest BCUT2D eigenvalue weighted by Crippen LogP contribution is 2.21. The second kappa shape index (κ2) is 7.16. The Labute approximate surface area is 152 Å². The second-order valence-corrected chi connectivity index (χ2v) is 6.84. The molecular weight excluding hydrogens is 326 g/mol. The summed E-state index contributed by atoms with van der Waals surface area (Å²) in [5.74, 6) is -0.115. The van der Waals surface area contributed by atoms with E-state index in [4.69, 9.17) is 4.42 Å². The Kier molecular flexibility index (Phi) is 4.94. The number of anilines is 1. The number of aryl methyl sites for hydroxylation is 4. The number of hydrogen-bond donors (Lipinski definition) is 1. The number of nitrogens with one attached hydrogen (secondary N) is 1. The Hall–Kier alpha value is -2.88. The number of amides is 1. The van der Waals surface area contributed by atoms with Crippen molar-refractivity contribution in [3.63, 3.8) is 0 Å². The van der Waals surface area contributed by atoms with Crippen molar-refractivity contribution in [3.8, 4) is 0 Å². The molecule has 4 heteroatoms. The van der Waals surface area contributed by atoms with Crippen LogP contribution in [-0.2, 0) is 11.2 Å². The van der Waals surface area contributed by atoms with Crippen LogP contribution in [0.2, 0.25) is 0 Å². The van der Waals surface area contributed by atoms with E-state index in [2.05, 4.69) is 5.32 Å². The van der Waals surface area contributed by atoms with Crippen LogP contribution in [0.25, 0.3) is 11.0 Å². The van der Waals surface area contributed by atoms with Gasteiger partial charge in [0.1, 0.15) is 5.58 Å². The van der Waals surface area contributed by atoms with Gasteiger partial charge >= 0.3 is 5.63 Å². The van der Waals surface area contributed by atoms with E-state index in [1.54, 1.807) is 0 Å². The van der Waals surface area contributed by atoms with E-state index in [9.17, 15) is 9.59 Å². The van der Waals surface area contributed by atoms with Crippen molar-refractivity contribution >= 4 is 22.6 Å². The molecule has 0 spiro atoms. The Morgan fingerprint density at radius 2 is 1.77 bits per heavy atom. The van der Waals surface area contributed by atoms with E-state index in [-0.39, 0.29) is 18.0 Å². The van der Waals surface area contributed by atoms with Crippen LogP contribution in [0.4, 0.5) is 5.69 Å². The van der Waals surface area contributed by atoms with Crippen molar-refractivity contribution in [2.75, 3.05) is 5.32 Å². The summed E-state index contributed by atoms with van der Waals surface area (Å²) in [6, 6.07) is 11.6. The summed E-state index contributed by atoms with van der Waals surface area (Å²) in [6.07, 6.45) is 0.588. The van der Waals surface area contributed by atoms with Crippen molar-refractivity contribution in [2.24, 2.45) is 0 Å². The molecule has 1 N–H and O–H groups in total. The van der Waals surface area contributed by atoms with Crippen molar-refractivity contribution in [1.82, 2.24) is 0 Å². The van der Waals surface area contributed by atoms with Crippen molar-refractivity contribution in [3.05, 3.63) is 74.6 Å². The normalized spacial score (nSPS) is 10.9. The fourth-order valence-electron chi connectivity index (χ4n) is 3.07. The van der Waals surface area contributed by atoms with Crippen molar-refractivity contribution in [1.29, 1.82) is 0 Å². The zero-order valence-electron chi connectivity index (χ0n) is 15.6. The first-order valence-corrected chi connectivity index (χ1v) is 8.75. The van der Waals surface area contributed by atoms with Gasteiger partial charge in [0.25, 0.3) is 0 Å². The van der Waals surface area contributed by atoms with E-state index < -0.39 is 0 Å². The average molecular weight is 349 g/mol. The SMILES string of the molecule is Cc1ccc2c(C)c(CCC(=O)Nc3ccc(C)c(C)c3)c(=O)oc2c1. The van der Waals surface area contributed by atoms with Gasteiger partial charge < -0.3 is 9.73 Å². The predicted octanol–water partition coefficient (Wildman–Crippen LogP) is 4.60. The molecular formula is C22H23NO3. The summed E-state index contributed by atoms with van der Waals surface area (Å²) < 4.78 is 5.45. The van der Waals surface area contributed by atoms with Crippen LogP contribution in [0.3, 0.4) is 0 Å². The maximum absolute atomic E-state index is 12.3. The largest absolute Gasteiger partial charge is 0.423 e. The molecule has 0 unspecified atom stereocenters. The molecule has 0 fully saturated rings. The van der Waals surface area contributed by atoms with E-state index in [1.165, 1.54) is 5.56 Å². The molecule has 1 heterocycles. The van der Waals surface area contributed by atoms with Gasteiger partial charge in [-0.2, -0.15) is 0 Å². The minimum atomic E-state index is -0.361. The van der Waals surface area contributed by atoms with Gasteiger partial charge in [-0.25, -0.2) is 4.79 Å². The van der Waals surface area contributed by atoms with Crippen LogP contribution in [0.15, 0.2) is 45.6 Å². The van der Waals surface area contributed by atoms with Crippen LogP contribution in [-0.4, -0.2) is 5.91 Å². The third-order valence-corrected chi connectivity index (χ3v) is 4.84. The average Bonchev–Trinajstić information content (AvgIpc) is 2.57. The van der Waals surface area contributed by atoms with Gasteiger partial charge in [0.05, 0.1) is 0 Å². The number of hydrogen-bond acceptors (Lipinski definition) is 3. The molecule has 0 aliphatic carbocycles. The van der Waals surface area contributed by atoms with Gasteiger partial charge in [-0.05, 0) is 74.6 Å². The highest BCUT2D eigenvalue weighted by atomic mass is 16.4. The van der Waals surface area contributed by atoms with Crippen LogP contribution in [0.5, 0.6) is 0 Å². The molecule has 2 aromatic carbocycles. The van der Waals surface area contributed by atoms with Crippen LogP contribution >= 0.6 is 0 Å². The lowest BCUT2D eigenvalue weighted by Gasteiger charge is -2.10. The lowest BCUT2D eigenvalue weighted by molar-refractivity contribution is -0.116. The highest BCUT2D eigenvalue weighted by Gasteiger charge is 2.13. The maximum atomic E-state index is 12.3. The summed E-state index contributed by atoms with van der Waals surface area (Å²) in [6.45, 7) is 7.91. The molecule has 1 aromatic heterocycles. The molecule has 0 atom stereocenters. The van der Waals surface area contributed by atoms with Crippen LogP contribution in [0.1, 0.15) is 34.2 Å². The summed E-state index contributed by atoms with van der Waals surface area (Å²) in [4.78, 5) is 24.6. The van der Waals surface area contributed by atoms with E-state index in [0.717, 1.165) is 27.8 Å². The van der Waals surface area contributed by atoms with Crippen LogP contribution < -0.4 is 10.9 Å². The van der Waals surface area contributed by atoms with E-state index in [0.29, 0.717) is 17.6 Å². The minimum Gasteiger partial charge on any atom is -0.423 e. The van der Waals surface area contributed by atoms with Gasteiger partial charge in [-0.15, -0.1) is 0 Å². The molecule has 26 heavy (non-hydrogen) atoms. The molecule has 0 aliphatic rings. The lowest BCUT2D eigenvalue weighted by Crippen LogP contribution is -2.16. The quantitative estimate of drug-likeness (QED) is 0.700. The molecule has 0 bridgehead atoms. The highest BCUT2D eigenvalue weighted by molar-refractivity contribution is 5.91. The smallest absolute Gasteiger partial charge is 0.339 e. The van der Waals surface area contributed by atoms with E-state index >= 15 is 0 Å². The monoisotopic (exact) mass is 349 g/mol. The predicted molar refractivity (Wildman–Crippen MR) is 105 cm³/mol. The second-order valence-electron chi connectivity index (χ2n) is 6.84. The van der Waals surface area contributed by atoms with Gasteiger partial charge in [0, 0.05) is 23.1 Å². The Morgan fingerprint density at radius 1 is 1.00 bits per heavy atom. The molecule has 0 aliphatic heterocycles. The van der Waals surface area contributed by atoms with Crippen molar-refractivity contribution < 1.29 is 9.21 Å². The van der Waals surface area contributed by atoms with Crippen LogP contribution in [0, 0.1) is 27.7 Å². The van der Waals surface area contributed by atoms with Gasteiger partial charge in [0.15, 0.2) is 0 Å². The topological polar surface area (TPSA) is 59.3 Å². The Balaban J connectivity index is 1.76.